The lowest BCUT2D eigenvalue weighted by molar-refractivity contribution is 0.0607. The molecule has 1 amide bonds. The number of nitrogens with two attached hydrogens (primary N) is 1. The number of aryl methyl sites for hydroxylation is 1. The molecule has 3 heterocycles. The lowest BCUT2D eigenvalue weighted by Crippen LogP contribution is -2.39. The molecule has 1 aromatic carbocycles. The highest BCUT2D eigenvalue weighted by atomic mass is 35.5. The summed E-state index contributed by atoms with van der Waals surface area (Å²) in [6.07, 6.45) is 4.01. The highest BCUT2D eigenvalue weighted by Crippen LogP contribution is 2.33. The molecule has 31 heavy (non-hydrogen) atoms. The number of H-pyrrole nitrogens is 1. The van der Waals surface area contributed by atoms with Crippen molar-refractivity contribution in [1.82, 2.24) is 19.5 Å². The number of carbonyl (C=O) groups excluding carboxylic acids is 1. The molecule has 0 unspecified atom stereocenters. The van der Waals surface area contributed by atoms with E-state index in [4.69, 9.17) is 16.7 Å². The first-order valence-corrected chi connectivity index (χ1v) is 11.5. The molecule has 1 aliphatic heterocycles. The Hall–Kier alpha value is -2.89. The summed E-state index contributed by atoms with van der Waals surface area (Å²) in [5.74, 6) is -0.389. The van der Waals surface area contributed by atoms with Crippen LogP contribution in [0, 0.1) is 6.92 Å². The first-order chi connectivity index (χ1) is 14.6. The number of hydrogen-bond acceptors (Lipinski definition) is 5. The van der Waals surface area contributed by atoms with Gasteiger partial charge in [-0.2, -0.15) is 13.5 Å². The maximum atomic E-state index is 13.5. The number of fused-ring (bicyclic) bond motifs is 1. The van der Waals surface area contributed by atoms with Crippen LogP contribution in [0.3, 0.4) is 0 Å². The van der Waals surface area contributed by atoms with E-state index in [1.165, 1.54) is 18.2 Å². The minimum atomic E-state index is -4.08. The fourth-order valence-electron chi connectivity index (χ4n) is 3.80. The Bertz CT molecular complexity index is 1330. The van der Waals surface area contributed by atoms with Crippen LogP contribution in [0.1, 0.15) is 46.9 Å². The molecule has 10 nitrogen and oxygen atoms in total. The number of likely N-dealkylation sites (tertiary alicyclic amines) is 1. The minimum Gasteiger partial charge on any atom is -0.330 e. The summed E-state index contributed by atoms with van der Waals surface area (Å²) >= 11 is 6.08. The molecule has 1 aliphatic rings. The molecular formula is C19H21ClN6O4S. The molecule has 0 aliphatic carbocycles. The van der Waals surface area contributed by atoms with Crippen LogP contribution in [0.2, 0.25) is 5.02 Å². The molecule has 4 rings (SSSR count). The van der Waals surface area contributed by atoms with Crippen LogP contribution in [0.4, 0.5) is 5.69 Å². The van der Waals surface area contributed by atoms with Gasteiger partial charge in [-0.25, -0.2) is 9.65 Å². The molecule has 4 N–H and O–H groups in total. The van der Waals surface area contributed by atoms with Gasteiger partial charge < -0.3 is 9.88 Å². The normalized spacial score (nSPS) is 17.1. The summed E-state index contributed by atoms with van der Waals surface area (Å²) in [5.41, 5.74) is 1.64. The van der Waals surface area contributed by atoms with Crippen molar-refractivity contribution in [3.63, 3.8) is 0 Å². The molecular weight excluding hydrogens is 444 g/mol. The van der Waals surface area contributed by atoms with Gasteiger partial charge in [-0.15, -0.1) is 0 Å². The van der Waals surface area contributed by atoms with Crippen LogP contribution < -0.4 is 15.4 Å². The fourth-order valence-corrected chi connectivity index (χ4v) is 4.45. The van der Waals surface area contributed by atoms with Gasteiger partial charge in [0, 0.05) is 29.4 Å². The first kappa shape index (κ1) is 21.3. The average Bonchev–Trinajstić information content (AvgIpc) is 3.10. The summed E-state index contributed by atoms with van der Waals surface area (Å²) in [7, 11) is -4.08. The monoisotopic (exact) mass is 464 g/mol. The minimum absolute atomic E-state index is 0.0520. The highest BCUT2D eigenvalue weighted by Gasteiger charge is 2.32. The molecule has 0 saturated carbocycles. The molecule has 1 fully saturated rings. The molecule has 0 spiro atoms. The Kier molecular flexibility index (Phi) is 5.50. The maximum absolute atomic E-state index is 13.5. The molecule has 12 heteroatoms. The number of carbonyl (C=O) groups is 1. The number of rotatable bonds is 4. The molecule has 3 aromatic rings. The van der Waals surface area contributed by atoms with Crippen molar-refractivity contribution in [2.24, 2.45) is 5.14 Å². The van der Waals surface area contributed by atoms with Gasteiger partial charge in [0.1, 0.15) is 5.65 Å². The van der Waals surface area contributed by atoms with E-state index in [9.17, 15) is 18.0 Å². The predicted molar refractivity (Wildman–Crippen MR) is 116 cm³/mol. The zero-order valence-electron chi connectivity index (χ0n) is 16.6. The smallest absolute Gasteiger partial charge is 0.296 e. The second-order valence-electron chi connectivity index (χ2n) is 7.51. The number of halogens is 1. The molecule has 1 saturated heterocycles. The zero-order valence-corrected chi connectivity index (χ0v) is 18.2. The maximum Gasteiger partial charge on any atom is 0.296 e. The van der Waals surface area contributed by atoms with Gasteiger partial charge in [-0.1, -0.05) is 11.6 Å². The number of hydrogen-bond donors (Lipinski definition) is 3. The molecule has 1 atom stereocenters. The van der Waals surface area contributed by atoms with E-state index in [-0.39, 0.29) is 33.8 Å². The number of nitrogens with one attached hydrogen (secondary N) is 2. The van der Waals surface area contributed by atoms with Crippen molar-refractivity contribution in [1.29, 1.82) is 0 Å². The number of nitrogens with zero attached hydrogens (tertiary/aromatic N) is 3. The standard InChI is InChI=1S/C19H21ClN6O4S/c1-11-10-26-17(22-18(11)27)9-15(23-26)16-4-2-3-7-25(16)19(28)13-8-12(20)5-6-14(13)24-31(21,29)30/h5-6,8-10,16,24H,2-4,7H2,1H3,(H,22,27)(H2,21,29,30)/t16-/m0/s1. The van der Waals surface area contributed by atoms with Crippen molar-refractivity contribution in [2.75, 3.05) is 11.3 Å². The van der Waals surface area contributed by atoms with E-state index in [0.29, 0.717) is 29.9 Å². The van der Waals surface area contributed by atoms with E-state index >= 15 is 0 Å². The number of benzene rings is 1. The van der Waals surface area contributed by atoms with Gasteiger partial charge in [0.15, 0.2) is 0 Å². The first-order valence-electron chi connectivity index (χ1n) is 9.62. The van der Waals surface area contributed by atoms with Crippen LogP contribution in [0.15, 0.2) is 35.3 Å². The Morgan fingerprint density at radius 3 is 2.84 bits per heavy atom. The van der Waals surface area contributed by atoms with Crippen LogP contribution in [-0.2, 0) is 10.2 Å². The molecule has 2 aromatic heterocycles. The third-order valence-electron chi connectivity index (χ3n) is 5.24. The van der Waals surface area contributed by atoms with Crippen LogP contribution >= 0.6 is 11.6 Å². The Balaban J connectivity index is 1.74. The van der Waals surface area contributed by atoms with Gasteiger partial charge in [-0.3, -0.25) is 14.3 Å². The lowest BCUT2D eigenvalue weighted by atomic mass is 9.98. The van der Waals surface area contributed by atoms with E-state index in [2.05, 4.69) is 14.8 Å². The van der Waals surface area contributed by atoms with Gasteiger partial charge in [0.2, 0.25) is 0 Å². The van der Waals surface area contributed by atoms with Gasteiger partial charge >= 0.3 is 0 Å². The van der Waals surface area contributed by atoms with Crippen molar-refractivity contribution in [2.45, 2.75) is 32.2 Å². The fraction of sp³-hybridized carbons (Fsp3) is 0.316. The Morgan fingerprint density at radius 1 is 1.32 bits per heavy atom. The number of aromatic amines is 1. The van der Waals surface area contributed by atoms with Gasteiger partial charge in [0.25, 0.3) is 21.7 Å². The number of anilines is 1. The highest BCUT2D eigenvalue weighted by molar-refractivity contribution is 7.90. The largest absolute Gasteiger partial charge is 0.330 e. The summed E-state index contributed by atoms with van der Waals surface area (Å²) in [6, 6.07) is 5.69. The van der Waals surface area contributed by atoms with Gasteiger partial charge in [-0.05, 0) is 44.4 Å². The van der Waals surface area contributed by atoms with Crippen LogP contribution in [0.25, 0.3) is 5.65 Å². The second kappa shape index (κ2) is 7.98. The molecule has 0 radical (unpaired) electrons. The van der Waals surface area contributed by atoms with Crippen molar-refractivity contribution in [3.05, 3.63) is 62.7 Å². The Labute approximate surface area is 183 Å². The Morgan fingerprint density at radius 2 is 2.10 bits per heavy atom. The molecule has 164 valence electrons. The summed E-state index contributed by atoms with van der Waals surface area (Å²) in [5, 5.41) is 9.95. The quantitative estimate of drug-likeness (QED) is 0.540. The topological polar surface area (TPSA) is 143 Å². The summed E-state index contributed by atoms with van der Waals surface area (Å²) in [6.45, 7) is 2.16. The summed E-state index contributed by atoms with van der Waals surface area (Å²) in [4.78, 5) is 29.8. The lowest BCUT2D eigenvalue weighted by Gasteiger charge is -2.35. The average molecular weight is 465 g/mol. The van der Waals surface area contributed by atoms with E-state index in [1.807, 2.05) is 0 Å². The number of piperidine rings is 1. The number of amides is 1. The van der Waals surface area contributed by atoms with E-state index in [0.717, 1.165) is 12.8 Å². The predicted octanol–water partition coefficient (Wildman–Crippen LogP) is 1.97. The van der Waals surface area contributed by atoms with Crippen LogP contribution in [0.5, 0.6) is 0 Å². The van der Waals surface area contributed by atoms with Crippen molar-refractivity contribution < 1.29 is 13.2 Å². The van der Waals surface area contributed by atoms with E-state index in [1.54, 1.807) is 28.6 Å². The van der Waals surface area contributed by atoms with Crippen molar-refractivity contribution in [3.8, 4) is 0 Å². The third kappa shape index (κ3) is 4.43. The second-order valence-corrected chi connectivity index (χ2v) is 9.24. The van der Waals surface area contributed by atoms with Crippen molar-refractivity contribution >= 4 is 39.1 Å². The zero-order chi connectivity index (χ0) is 22.3. The third-order valence-corrected chi connectivity index (χ3v) is 5.98. The SMILES string of the molecule is Cc1cn2nc([C@@H]3CCCCN3C(=O)c3cc(Cl)ccc3NS(N)(=O)=O)cc2[nH]c1=O. The van der Waals surface area contributed by atoms with Gasteiger partial charge in [0.05, 0.1) is 23.0 Å². The van der Waals surface area contributed by atoms with E-state index < -0.39 is 10.2 Å². The molecule has 0 bridgehead atoms. The number of aromatic nitrogens is 3. The summed E-state index contributed by atoms with van der Waals surface area (Å²) < 4.78 is 26.8. The van der Waals surface area contributed by atoms with Crippen LogP contribution in [-0.4, -0.2) is 40.4 Å².